The number of esters is 2. The predicted octanol–water partition coefficient (Wildman–Crippen LogP) is 3.13. The zero-order valence-corrected chi connectivity index (χ0v) is 27.7. The van der Waals surface area contributed by atoms with Gasteiger partial charge in [-0.3, -0.25) is 19.3 Å². The molecular formula is C33H36N3O11S-. The van der Waals surface area contributed by atoms with E-state index < -0.39 is 53.2 Å². The first kappa shape index (κ1) is 32.3. The van der Waals surface area contributed by atoms with Gasteiger partial charge in [0.1, 0.15) is 18.4 Å². The Morgan fingerprint density at radius 3 is 2.60 bits per heavy atom. The lowest BCUT2D eigenvalue weighted by atomic mass is 9.79. The number of carboxylic acids is 1. The molecule has 6 aliphatic rings. The summed E-state index contributed by atoms with van der Waals surface area (Å²) < 4.78 is 29.6. The lowest BCUT2D eigenvalue weighted by Gasteiger charge is -2.60. The molecule has 48 heavy (non-hydrogen) atoms. The fraction of sp³-hybridized carbons (Fsp3) is 0.515. The summed E-state index contributed by atoms with van der Waals surface area (Å²) in [4.78, 5) is 52.3. The van der Waals surface area contributed by atoms with Gasteiger partial charge in [-0.1, -0.05) is 12.1 Å². The number of ether oxygens (including phenoxy) is 5. The highest BCUT2D eigenvalue weighted by Crippen LogP contribution is 2.64. The minimum absolute atomic E-state index is 0.0269. The first-order valence-corrected chi connectivity index (χ1v) is 16.8. The van der Waals surface area contributed by atoms with Crippen LogP contribution in [0.5, 0.6) is 28.7 Å². The number of carbonyl (C=O) groups excluding carboxylic acids is 3. The molecule has 3 N–H and O–H groups in total. The molecule has 256 valence electrons. The van der Waals surface area contributed by atoms with Crippen LogP contribution in [0, 0.1) is 13.8 Å². The molecule has 0 aromatic heterocycles. The van der Waals surface area contributed by atoms with Crippen LogP contribution < -0.4 is 24.3 Å². The Morgan fingerprint density at radius 1 is 1.10 bits per heavy atom. The quantitative estimate of drug-likeness (QED) is 0.299. The van der Waals surface area contributed by atoms with Gasteiger partial charge in [0, 0.05) is 47.1 Å². The molecule has 3 unspecified atom stereocenters. The summed E-state index contributed by atoms with van der Waals surface area (Å²) in [6.07, 6.45) is -0.120. The number of fused-ring (bicyclic) bond motifs is 6. The Bertz CT molecular complexity index is 1730. The van der Waals surface area contributed by atoms with Gasteiger partial charge in [0.15, 0.2) is 23.0 Å². The molecule has 14 nitrogen and oxygen atoms in total. The van der Waals surface area contributed by atoms with Crippen molar-refractivity contribution in [2.24, 2.45) is 0 Å². The maximum absolute atomic E-state index is 13.5. The van der Waals surface area contributed by atoms with Crippen molar-refractivity contribution in [3.63, 3.8) is 0 Å². The van der Waals surface area contributed by atoms with Gasteiger partial charge in [0.05, 0.1) is 19.6 Å². The SMILES string of the molecule is COc1c(C)cc2c(c1O)[C@H]1[N-]CC(C2)N2C1[C@@H]1SC[C@H](NC(=O)CCC(=O)O)C(=O)OC[C@H]2c2c3c(c(C)c(OC(C)=O)c21)OCO3. The average Bonchev–Trinajstić information content (AvgIpc) is 3.40. The summed E-state index contributed by atoms with van der Waals surface area (Å²) in [5.74, 6) is -1.17. The number of thioether (sulfide) groups is 1. The van der Waals surface area contributed by atoms with Gasteiger partial charge in [0.25, 0.3) is 0 Å². The monoisotopic (exact) mass is 682 g/mol. The topological polar surface area (TPSA) is 184 Å². The largest absolute Gasteiger partial charge is 0.653 e. The smallest absolute Gasteiger partial charge is 0.329 e. The molecule has 2 fully saturated rings. The van der Waals surface area contributed by atoms with Crippen LogP contribution in [-0.4, -0.2) is 89.9 Å². The summed E-state index contributed by atoms with van der Waals surface area (Å²) >= 11 is 1.37. The summed E-state index contributed by atoms with van der Waals surface area (Å²) in [5, 5.41) is 28.0. The predicted molar refractivity (Wildman–Crippen MR) is 170 cm³/mol. The number of carboxylic acid groups (broad SMARTS) is 1. The number of phenols is 1. The molecule has 15 heteroatoms. The number of aliphatic carboxylic acids is 1. The van der Waals surface area contributed by atoms with E-state index in [1.165, 1.54) is 25.8 Å². The van der Waals surface area contributed by atoms with Gasteiger partial charge in [-0.05, 0) is 43.0 Å². The van der Waals surface area contributed by atoms with Crippen molar-refractivity contribution in [1.82, 2.24) is 10.2 Å². The Labute approximate surface area is 280 Å². The van der Waals surface area contributed by atoms with Gasteiger partial charge in [0.2, 0.25) is 12.7 Å². The first-order valence-electron chi connectivity index (χ1n) is 15.8. The van der Waals surface area contributed by atoms with Crippen molar-refractivity contribution in [3.8, 4) is 28.7 Å². The Kier molecular flexibility index (Phi) is 8.32. The Hall–Kier alpha value is -4.21. The van der Waals surface area contributed by atoms with Crippen LogP contribution >= 0.6 is 11.8 Å². The van der Waals surface area contributed by atoms with Crippen LogP contribution in [-0.2, 0) is 30.3 Å². The lowest BCUT2D eigenvalue weighted by molar-refractivity contribution is -0.150. The van der Waals surface area contributed by atoms with E-state index >= 15 is 0 Å². The van der Waals surface area contributed by atoms with Gasteiger partial charge >= 0.3 is 17.9 Å². The number of benzene rings is 2. The number of carbonyl (C=O) groups is 4. The first-order chi connectivity index (χ1) is 23.0. The highest BCUT2D eigenvalue weighted by atomic mass is 32.2. The average molecular weight is 683 g/mol. The molecule has 7 atom stereocenters. The maximum Gasteiger partial charge on any atom is 0.329 e. The second kappa shape index (κ2) is 12.3. The Balaban J connectivity index is 1.42. The molecule has 2 saturated heterocycles. The van der Waals surface area contributed by atoms with Crippen LogP contribution in [0.1, 0.15) is 70.5 Å². The van der Waals surface area contributed by atoms with Gasteiger partial charge in [-0.25, -0.2) is 4.79 Å². The van der Waals surface area contributed by atoms with Crippen molar-refractivity contribution in [2.75, 3.05) is 32.8 Å². The lowest BCUT2D eigenvalue weighted by Crippen LogP contribution is -2.58. The number of piperazine rings is 1. The number of rotatable bonds is 6. The van der Waals surface area contributed by atoms with Crippen LogP contribution in [0.4, 0.5) is 0 Å². The zero-order valence-electron chi connectivity index (χ0n) is 26.9. The fourth-order valence-corrected chi connectivity index (χ4v) is 9.43. The van der Waals surface area contributed by atoms with Crippen molar-refractivity contribution >= 4 is 35.6 Å². The number of hydrogen-bond donors (Lipinski definition) is 3. The van der Waals surface area contributed by atoms with Crippen molar-refractivity contribution < 1.29 is 53.1 Å². The Morgan fingerprint density at radius 2 is 1.88 bits per heavy atom. The standard InChI is InChI=1S/C33H36N3O11S/c1-13-7-16-8-17-9-34-25(22(16)27(41)28(13)43-4)26-32-24-23(31-30(45-12-46-31)14(2)29(24)47-15(3)37)19(36(17)26)10-44-33(42)18(11-48-32)35-20(38)5-6-21(39)40/h7,17-19,25-26,32,41H,5-6,8-12H2,1-4H3,(H,35,38)(H,39,40)/q-1/t17?,18-,19-,25+,26?,32+/m0/s1. The summed E-state index contributed by atoms with van der Waals surface area (Å²) in [5.41, 5.74) is 4.37. The van der Waals surface area contributed by atoms with Crippen molar-refractivity contribution in [3.05, 3.63) is 44.8 Å². The van der Waals surface area contributed by atoms with E-state index in [1.807, 2.05) is 13.0 Å². The molecule has 0 radical (unpaired) electrons. The molecule has 6 heterocycles. The number of aromatic hydroxyl groups is 1. The normalized spacial score (nSPS) is 27.9. The fourth-order valence-electron chi connectivity index (χ4n) is 7.92. The van der Waals surface area contributed by atoms with Crippen molar-refractivity contribution in [1.29, 1.82) is 0 Å². The zero-order chi connectivity index (χ0) is 34.0. The van der Waals surface area contributed by atoms with Crippen LogP contribution in [0.15, 0.2) is 6.07 Å². The molecule has 1 amide bonds. The minimum atomic E-state index is -1.13. The van der Waals surface area contributed by atoms with E-state index in [9.17, 15) is 24.3 Å². The molecule has 8 rings (SSSR count). The number of hydrogen-bond acceptors (Lipinski definition) is 12. The molecule has 4 bridgehead atoms. The summed E-state index contributed by atoms with van der Waals surface area (Å²) in [6.45, 7) is 5.29. The molecule has 0 saturated carbocycles. The summed E-state index contributed by atoms with van der Waals surface area (Å²) in [7, 11) is 1.51. The highest BCUT2D eigenvalue weighted by molar-refractivity contribution is 7.99. The van der Waals surface area contributed by atoms with Gasteiger partial charge < -0.3 is 44.5 Å². The third-order valence-electron chi connectivity index (χ3n) is 9.74. The number of cyclic esters (lactones) is 1. The maximum atomic E-state index is 13.5. The number of phenolic OH excluding ortho intramolecular Hbond substituents is 1. The number of nitrogens with zero attached hydrogens (tertiary/aromatic N) is 2. The van der Waals surface area contributed by atoms with E-state index in [1.54, 1.807) is 6.92 Å². The van der Waals surface area contributed by atoms with Gasteiger partial charge in [-0.2, -0.15) is 0 Å². The van der Waals surface area contributed by atoms with Crippen LogP contribution in [0.25, 0.3) is 5.32 Å². The minimum Gasteiger partial charge on any atom is -0.653 e. The second-order valence-electron chi connectivity index (χ2n) is 12.6. The molecule has 0 spiro atoms. The van der Waals surface area contributed by atoms with E-state index in [0.29, 0.717) is 58.2 Å². The molecule has 0 aliphatic carbocycles. The van der Waals surface area contributed by atoms with Crippen LogP contribution in [0.2, 0.25) is 0 Å². The van der Waals surface area contributed by atoms with Gasteiger partial charge in [-0.15, -0.1) is 18.3 Å². The number of methoxy groups -OCH3 is 1. The third kappa shape index (κ3) is 5.19. The van der Waals surface area contributed by atoms with Crippen molar-refractivity contribution in [2.45, 2.75) is 75.5 Å². The van der Waals surface area contributed by atoms with E-state index in [2.05, 4.69) is 10.2 Å². The number of nitrogens with one attached hydrogen (secondary N) is 1. The van der Waals surface area contributed by atoms with E-state index in [-0.39, 0.29) is 43.8 Å². The number of aryl methyl sites for hydroxylation is 1. The molecular weight excluding hydrogens is 646 g/mol. The third-order valence-corrected chi connectivity index (χ3v) is 11.1. The van der Waals surface area contributed by atoms with E-state index in [0.717, 1.165) is 11.1 Å². The van der Waals surface area contributed by atoms with Crippen LogP contribution in [0.3, 0.4) is 0 Å². The molecule has 2 aromatic rings. The summed E-state index contributed by atoms with van der Waals surface area (Å²) in [6, 6.07) is -0.761. The van der Waals surface area contributed by atoms with E-state index in [4.69, 9.17) is 34.1 Å². The molecule has 2 aromatic carbocycles. The second-order valence-corrected chi connectivity index (χ2v) is 13.8. The number of amides is 1. The highest BCUT2D eigenvalue weighted by Gasteiger charge is 2.54. The molecule has 6 aliphatic heterocycles.